The SMILES string of the molecule is COc1cc(CO)c(-c2cn3cc(Br)c(N4CCNCC4)nc3n2)cc1Cl. The molecular weight excluding hydrogens is 434 g/mol. The normalized spacial score (nSPS) is 14.7. The van der Waals surface area contributed by atoms with Crippen LogP contribution in [0.25, 0.3) is 17.0 Å². The summed E-state index contributed by atoms with van der Waals surface area (Å²) in [5, 5.41) is 13.6. The molecule has 9 heteroatoms. The Labute approximate surface area is 170 Å². The Bertz CT molecular complexity index is 988. The Kier molecular flexibility index (Phi) is 5.23. The summed E-state index contributed by atoms with van der Waals surface area (Å²) in [7, 11) is 1.55. The third kappa shape index (κ3) is 3.50. The molecule has 1 aromatic carbocycles. The highest BCUT2D eigenvalue weighted by Crippen LogP contribution is 2.34. The van der Waals surface area contributed by atoms with Gasteiger partial charge in [0.25, 0.3) is 0 Å². The van der Waals surface area contributed by atoms with E-state index in [2.05, 4.69) is 31.1 Å². The molecule has 1 fully saturated rings. The predicted molar refractivity (Wildman–Crippen MR) is 109 cm³/mol. The van der Waals surface area contributed by atoms with Gasteiger partial charge >= 0.3 is 0 Å². The number of aliphatic hydroxyl groups is 1. The highest BCUT2D eigenvalue weighted by Gasteiger charge is 2.18. The molecule has 27 heavy (non-hydrogen) atoms. The van der Waals surface area contributed by atoms with Crippen molar-refractivity contribution in [2.75, 3.05) is 38.2 Å². The van der Waals surface area contributed by atoms with Gasteiger partial charge in [0, 0.05) is 44.1 Å². The van der Waals surface area contributed by atoms with Gasteiger partial charge in [-0.2, -0.15) is 4.98 Å². The van der Waals surface area contributed by atoms with Crippen LogP contribution in [0, 0.1) is 0 Å². The minimum atomic E-state index is -0.139. The Morgan fingerprint density at radius 3 is 2.74 bits per heavy atom. The molecule has 0 radical (unpaired) electrons. The van der Waals surface area contributed by atoms with E-state index in [1.165, 1.54) is 0 Å². The molecule has 4 rings (SSSR count). The smallest absolute Gasteiger partial charge is 0.236 e. The van der Waals surface area contributed by atoms with Crippen LogP contribution in [0.5, 0.6) is 5.75 Å². The lowest BCUT2D eigenvalue weighted by molar-refractivity contribution is 0.281. The quantitative estimate of drug-likeness (QED) is 0.634. The summed E-state index contributed by atoms with van der Waals surface area (Å²) >= 11 is 9.91. The Hall–Kier alpha value is -1.87. The molecule has 1 saturated heterocycles. The van der Waals surface area contributed by atoms with Gasteiger partial charge in [-0.3, -0.25) is 4.40 Å². The van der Waals surface area contributed by atoms with E-state index in [1.54, 1.807) is 19.2 Å². The third-order valence-electron chi connectivity index (χ3n) is 4.63. The van der Waals surface area contributed by atoms with E-state index < -0.39 is 0 Å². The van der Waals surface area contributed by atoms with Crippen LogP contribution in [0.4, 0.5) is 5.82 Å². The molecule has 7 nitrogen and oxygen atoms in total. The molecular formula is C18H19BrClN5O2. The predicted octanol–water partition coefficient (Wildman–Crippen LogP) is 2.72. The molecule has 0 aliphatic carbocycles. The summed E-state index contributed by atoms with van der Waals surface area (Å²) in [6.07, 6.45) is 3.84. The van der Waals surface area contributed by atoms with Crippen molar-refractivity contribution in [1.82, 2.24) is 19.7 Å². The van der Waals surface area contributed by atoms with Gasteiger partial charge in [0.1, 0.15) is 11.6 Å². The standard InChI is InChI=1S/C18H19BrClN5O2/c1-27-16-6-11(10-26)12(7-14(16)20)15-9-25-8-13(19)17(23-18(25)22-15)24-4-2-21-3-5-24/h6-9,21,26H,2-5,10H2,1H3. The summed E-state index contributed by atoms with van der Waals surface area (Å²) in [4.78, 5) is 11.6. The van der Waals surface area contributed by atoms with Gasteiger partial charge in [-0.25, -0.2) is 4.98 Å². The van der Waals surface area contributed by atoms with Crippen LogP contribution < -0.4 is 15.0 Å². The number of aliphatic hydroxyl groups excluding tert-OH is 1. The van der Waals surface area contributed by atoms with Crippen molar-refractivity contribution >= 4 is 39.1 Å². The van der Waals surface area contributed by atoms with Gasteiger partial charge in [0.2, 0.25) is 5.78 Å². The van der Waals surface area contributed by atoms with Gasteiger partial charge < -0.3 is 20.1 Å². The van der Waals surface area contributed by atoms with E-state index >= 15 is 0 Å². The molecule has 2 N–H and O–H groups in total. The molecule has 0 unspecified atom stereocenters. The summed E-state index contributed by atoms with van der Waals surface area (Å²) in [5.74, 6) is 2.00. The number of anilines is 1. The molecule has 3 aromatic rings. The zero-order chi connectivity index (χ0) is 19.0. The number of hydrogen-bond donors (Lipinski definition) is 2. The molecule has 0 saturated carbocycles. The summed E-state index contributed by atoms with van der Waals surface area (Å²) < 4.78 is 8.02. The fraction of sp³-hybridized carbons (Fsp3) is 0.333. The zero-order valence-corrected chi connectivity index (χ0v) is 17.1. The highest BCUT2D eigenvalue weighted by molar-refractivity contribution is 9.10. The largest absolute Gasteiger partial charge is 0.495 e. The number of imidazole rings is 1. The lowest BCUT2D eigenvalue weighted by Crippen LogP contribution is -2.44. The number of benzene rings is 1. The number of halogens is 2. The first kappa shape index (κ1) is 18.5. The van der Waals surface area contributed by atoms with Crippen molar-refractivity contribution in [2.24, 2.45) is 0 Å². The molecule has 3 heterocycles. The van der Waals surface area contributed by atoms with Crippen molar-refractivity contribution in [3.63, 3.8) is 0 Å². The molecule has 142 valence electrons. The maximum absolute atomic E-state index is 9.75. The second-order valence-corrected chi connectivity index (χ2v) is 7.55. The Balaban J connectivity index is 1.79. The van der Waals surface area contributed by atoms with Crippen LogP contribution in [-0.2, 0) is 6.61 Å². The maximum Gasteiger partial charge on any atom is 0.236 e. The van der Waals surface area contributed by atoms with Crippen LogP contribution in [0.3, 0.4) is 0 Å². The lowest BCUT2D eigenvalue weighted by Gasteiger charge is -2.29. The molecule has 1 aliphatic heterocycles. The van der Waals surface area contributed by atoms with Gasteiger partial charge in [0.15, 0.2) is 0 Å². The van der Waals surface area contributed by atoms with Crippen molar-refractivity contribution in [3.05, 3.63) is 39.6 Å². The average Bonchev–Trinajstić information content (AvgIpc) is 3.10. The van der Waals surface area contributed by atoms with Crippen LogP contribution >= 0.6 is 27.5 Å². The average molecular weight is 453 g/mol. The second kappa shape index (κ2) is 7.63. The first-order valence-electron chi connectivity index (χ1n) is 8.59. The number of methoxy groups -OCH3 is 1. The van der Waals surface area contributed by atoms with E-state index in [-0.39, 0.29) is 6.61 Å². The molecule has 0 amide bonds. The number of hydrogen-bond acceptors (Lipinski definition) is 6. The van der Waals surface area contributed by atoms with Crippen LogP contribution in [-0.4, -0.2) is 52.8 Å². The molecule has 0 spiro atoms. The second-order valence-electron chi connectivity index (χ2n) is 6.28. The van der Waals surface area contributed by atoms with Gasteiger partial charge in [-0.05, 0) is 33.6 Å². The van der Waals surface area contributed by atoms with Crippen LogP contribution in [0.15, 0.2) is 29.0 Å². The van der Waals surface area contributed by atoms with Crippen molar-refractivity contribution in [3.8, 4) is 17.0 Å². The Morgan fingerprint density at radius 1 is 1.26 bits per heavy atom. The van der Waals surface area contributed by atoms with Crippen LogP contribution in [0.2, 0.25) is 5.02 Å². The minimum Gasteiger partial charge on any atom is -0.495 e. The minimum absolute atomic E-state index is 0.139. The summed E-state index contributed by atoms with van der Waals surface area (Å²) in [6.45, 7) is 3.53. The lowest BCUT2D eigenvalue weighted by atomic mass is 10.1. The zero-order valence-electron chi connectivity index (χ0n) is 14.7. The van der Waals surface area contributed by atoms with Gasteiger partial charge in [-0.15, -0.1) is 0 Å². The van der Waals surface area contributed by atoms with E-state index in [4.69, 9.17) is 21.3 Å². The van der Waals surface area contributed by atoms with E-state index in [0.29, 0.717) is 27.8 Å². The number of ether oxygens (including phenoxy) is 1. The first-order chi connectivity index (χ1) is 13.1. The first-order valence-corrected chi connectivity index (χ1v) is 9.76. The fourth-order valence-corrected chi connectivity index (χ4v) is 4.04. The number of rotatable bonds is 4. The monoisotopic (exact) mass is 451 g/mol. The molecule has 1 aliphatic rings. The van der Waals surface area contributed by atoms with E-state index in [0.717, 1.165) is 42.0 Å². The number of nitrogens with one attached hydrogen (secondary N) is 1. The number of nitrogens with zero attached hydrogens (tertiary/aromatic N) is 4. The molecule has 0 atom stereocenters. The van der Waals surface area contributed by atoms with Crippen LogP contribution in [0.1, 0.15) is 5.56 Å². The highest BCUT2D eigenvalue weighted by atomic mass is 79.9. The number of fused-ring (bicyclic) bond motifs is 1. The topological polar surface area (TPSA) is 74.9 Å². The van der Waals surface area contributed by atoms with E-state index in [1.807, 2.05) is 16.8 Å². The summed E-state index contributed by atoms with van der Waals surface area (Å²) in [6, 6.07) is 3.50. The summed E-state index contributed by atoms with van der Waals surface area (Å²) in [5.41, 5.74) is 2.15. The van der Waals surface area contributed by atoms with Crippen molar-refractivity contribution < 1.29 is 9.84 Å². The Morgan fingerprint density at radius 2 is 2.04 bits per heavy atom. The third-order valence-corrected chi connectivity index (χ3v) is 5.48. The van der Waals surface area contributed by atoms with Gasteiger partial charge in [0.05, 0.1) is 28.9 Å². The molecule has 2 aromatic heterocycles. The van der Waals surface area contributed by atoms with Gasteiger partial charge in [-0.1, -0.05) is 11.6 Å². The maximum atomic E-state index is 9.75. The van der Waals surface area contributed by atoms with Crippen molar-refractivity contribution in [2.45, 2.75) is 6.61 Å². The number of aromatic nitrogens is 3. The molecule has 0 bridgehead atoms. The number of piperazine rings is 1. The van der Waals surface area contributed by atoms with Crippen molar-refractivity contribution in [1.29, 1.82) is 0 Å². The van der Waals surface area contributed by atoms with E-state index in [9.17, 15) is 5.11 Å². The fourth-order valence-electron chi connectivity index (χ4n) is 3.24.